The smallest absolute Gasteiger partial charge is 0.253 e. The Morgan fingerprint density at radius 1 is 1.12 bits per heavy atom. The number of hydrogen-bond donors (Lipinski definition) is 1. The fraction of sp³-hybridized carbons (Fsp3) is 0.118. The predicted octanol–water partition coefficient (Wildman–Crippen LogP) is 1.49. The van der Waals surface area contributed by atoms with E-state index in [4.69, 9.17) is 0 Å². The van der Waals surface area contributed by atoms with Gasteiger partial charge in [-0.1, -0.05) is 30.3 Å². The van der Waals surface area contributed by atoms with Gasteiger partial charge >= 0.3 is 0 Å². The molecule has 0 unspecified atom stereocenters. The molecule has 0 bridgehead atoms. The summed E-state index contributed by atoms with van der Waals surface area (Å²) in [6.45, 7) is 0.538. The first-order valence-corrected chi connectivity index (χ1v) is 7.80. The molecule has 0 saturated heterocycles. The number of nitrogens with zero attached hydrogens (tertiary/aromatic N) is 6. The van der Waals surface area contributed by atoms with Crippen molar-refractivity contribution in [1.82, 2.24) is 35.1 Å². The lowest BCUT2D eigenvalue weighted by molar-refractivity contribution is 0.0931. The first kappa shape index (κ1) is 15.0. The lowest BCUT2D eigenvalue weighted by atomic mass is 10.1. The maximum atomic E-state index is 12.7. The van der Waals surface area contributed by atoms with E-state index in [1.54, 1.807) is 29.2 Å². The number of nitrogens with one attached hydrogen (secondary N) is 1. The van der Waals surface area contributed by atoms with E-state index in [-0.39, 0.29) is 11.9 Å². The molecule has 0 radical (unpaired) electrons. The van der Waals surface area contributed by atoms with Crippen LogP contribution in [0.25, 0.3) is 5.65 Å². The molecule has 0 saturated carbocycles. The Bertz CT molecular complexity index is 979. The largest absolute Gasteiger partial charge is 0.343 e. The molecule has 124 valence electrons. The van der Waals surface area contributed by atoms with Crippen LogP contribution in [0.2, 0.25) is 0 Å². The Labute approximate surface area is 143 Å². The third-order valence-electron chi connectivity index (χ3n) is 3.89. The van der Waals surface area contributed by atoms with Crippen LogP contribution in [0.4, 0.5) is 0 Å². The van der Waals surface area contributed by atoms with E-state index in [1.165, 1.54) is 4.52 Å². The van der Waals surface area contributed by atoms with Crippen molar-refractivity contribution in [3.05, 3.63) is 78.2 Å². The summed E-state index contributed by atoms with van der Waals surface area (Å²) in [6.07, 6.45) is 5.20. The van der Waals surface area contributed by atoms with E-state index in [9.17, 15) is 4.79 Å². The molecule has 0 aliphatic heterocycles. The second-order valence-corrected chi connectivity index (χ2v) is 5.56. The normalized spacial score (nSPS) is 12.2. The van der Waals surface area contributed by atoms with Crippen LogP contribution < -0.4 is 5.32 Å². The number of carbonyl (C=O) groups is 1. The first-order valence-electron chi connectivity index (χ1n) is 7.80. The minimum atomic E-state index is -0.210. The summed E-state index contributed by atoms with van der Waals surface area (Å²) in [6, 6.07) is 14.9. The number of rotatable bonds is 5. The monoisotopic (exact) mass is 333 g/mol. The van der Waals surface area contributed by atoms with E-state index in [1.807, 2.05) is 42.6 Å². The Morgan fingerprint density at radius 3 is 2.80 bits per heavy atom. The number of amides is 1. The quantitative estimate of drug-likeness (QED) is 0.598. The molecule has 4 rings (SSSR count). The fourth-order valence-corrected chi connectivity index (χ4v) is 2.63. The Kier molecular flexibility index (Phi) is 3.91. The van der Waals surface area contributed by atoms with Gasteiger partial charge in [0.1, 0.15) is 0 Å². The highest BCUT2D eigenvalue weighted by Crippen LogP contribution is 2.16. The fourth-order valence-electron chi connectivity index (χ4n) is 2.63. The molecule has 0 spiro atoms. The van der Waals surface area contributed by atoms with Crippen LogP contribution >= 0.6 is 0 Å². The van der Waals surface area contributed by atoms with Crippen molar-refractivity contribution in [2.75, 3.05) is 0 Å². The molecular weight excluding hydrogens is 318 g/mol. The summed E-state index contributed by atoms with van der Waals surface area (Å²) in [5, 5.41) is 18.5. The van der Waals surface area contributed by atoms with Gasteiger partial charge in [-0.05, 0) is 34.2 Å². The van der Waals surface area contributed by atoms with Gasteiger partial charge in [0.25, 0.3) is 5.91 Å². The third-order valence-corrected chi connectivity index (χ3v) is 3.89. The van der Waals surface area contributed by atoms with Gasteiger partial charge in [0.05, 0.1) is 18.2 Å². The van der Waals surface area contributed by atoms with Crippen molar-refractivity contribution in [2.45, 2.75) is 12.6 Å². The number of aromatic nitrogens is 6. The number of carbonyl (C=O) groups excluding carboxylic acids is 1. The summed E-state index contributed by atoms with van der Waals surface area (Å²) in [5.74, 6) is -0.196. The van der Waals surface area contributed by atoms with E-state index in [2.05, 4.69) is 25.9 Å². The molecule has 0 aliphatic carbocycles. The molecule has 1 amide bonds. The lowest BCUT2D eigenvalue weighted by Gasteiger charge is -2.19. The van der Waals surface area contributed by atoms with Gasteiger partial charge in [-0.3, -0.25) is 9.48 Å². The van der Waals surface area contributed by atoms with E-state index in [0.29, 0.717) is 17.8 Å². The van der Waals surface area contributed by atoms with Crippen molar-refractivity contribution in [3.8, 4) is 0 Å². The van der Waals surface area contributed by atoms with E-state index < -0.39 is 0 Å². The summed E-state index contributed by atoms with van der Waals surface area (Å²) < 4.78 is 3.27. The molecule has 1 N–H and O–H groups in total. The van der Waals surface area contributed by atoms with Crippen LogP contribution in [-0.2, 0) is 6.54 Å². The second-order valence-electron chi connectivity index (χ2n) is 5.56. The van der Waals surface area contributed by atoms with Crippen LogP contribution in [0.15, 0.2) is 67.1 Å². The Hall–Kier alpha value is -3.55. The molecule has 1 atom stereocenters. The van der Waals surface area contributed by atoms with Crippen molar-refractivity contribution in [1.29, 1.82) is 0 Å². The van der Waals surface area contributed by atoms with E-state index >= 15 is 0 Å². The summed E-state index contributed by atoms with van der Waals surface area (Å²) in [4.78, 5) is 12.7. The highest BCUT2D eigenvalue weighted by atomic mass is 16.1. The predicted molar refractivity (Wildman–Crippen MR) is 89.7 cm³/mol. The molecule has 3 aromatic heterocycles. The Balaban J connectivity index is 1.59. The van der Waals surface area contributed by atoms with Crippen LogP contribution in [-0.4, -0.2) is 35.7 Å². The SMILES string of the molecule is O=C(N[C@H](Cn1cccn1)c1ccccc1)c1ccc2nnnn2c1. The molecule has 4 aromatic rings. The highest BCUT2D eigenvalue weighted by Gasteiger charge is 2.17. The minimum absolute atomic E-state index is 0.196. The van der Waals surface area contributed by atoms with Gasteiger partial charge in [0, 0.05) is 18.6 Å². The van der Waals surface area contributed by atoms with Crippen molar-refractivity contribution < 1.29 is 4.79 Å². The average Bonchev–Trinajstić information content (AvgIpc) is 3.32. The van der Waals surface area contributed by atoms with Crippen molar-refractivity contribution in [3.63, 3.8) is 0 Å². The molecule has 25 heavy (non-hydrogen) atoms. The van der Waals surface area contributed by atoms with Crippen molar-refractivity contribution >= 4 is 11.6 Å². The van der Waals surface area contributed by atoms with Crippen LogP contribution in [0.1, 0.15) is 22.0 Å². The zero-order valence-electron chi connectivity index (χ0n) is 13.2. The number of hydrogen-bond acceptors (Lipinski definition) is 5. The van der Waals surface area contributed by atoms with Gasteiger partial charge in [-0.2, -0.15) is 9.61 Å². The molecular formula is C17H15N7O. The third kappa shape index (κ3) is 3.23. The summed E-state index contributed by atoms with van der Waals surface area (Å²) in [7, 11) is 0. The summed E-state index contributed by atoms with van der Waals surface area (Å²) >= 11 is 0. The van der Waals surface area contributed by atoms with Crippen LogP contribution in [0.3, 0.4) is 0 Å². The summed E-state index contributed by atoms with van der Waals surface area (Å²) in [5.41, 5.74) is 2.09. The Morgan fingerprint density at radius 2 is 2.00 bits per heavy atom. The van der Waals surface area contributed by atoms with Gasteiger partial charge in [-0.15, -0.1) is 5.10 Å². The molecule has 3 heterocycles. The highest BCUT2D eigenvalue weighted by molar-refractivity contribution is 5.94. The van der Waals surface area contributed by atoms with Crippen LogP contribution in [0.5, 0.6) is 0 Å². The molecule has 8 nitrogen and oxygen atoms in total. The van der Waals surface area contributed by atoms with Gasteiger partial charge in [0.15, 0.2) is 5.65 Å². The lowest BCUT2D eigenvalue weighted by Crippen LogP contribution is -2.31. The molecule has 1 aromatic carbocycles. The number of fused-ring (bicyclic) bond motifs is 1. The number of benzene rings is 1. The van der Waals surface area contributed by atoms with Gasteiger partial charge < -0.3 is 5.32 Å². The number of tetrazole rings is 1. The zero-order chi connectivity index (χ0) is 17.1. The second kappa shape index (κ2) is 6.52. The molecule has 8 heteroatoms. The molecule has 0 aliphatic rings. The maximum absolute atomic E-state index is 12.7. The van der Waals surface area contributed by atoms with E-state index in [0.717, 1.165) is 5.56 Å². The van der Waals surface area contributed by atoms with Crippen LogP contribution in [0, 0.1) is 0 Å². The van der Waals surface area contributed by atoms with Gasteiger partial charge in [-0.25, -0.2) is 0 Å². The number of pyridine rings is 1. The van der Waals surface area contributed by atoms with Crippen molar-refractivity contribution in [2.24, 2.45) is 0 Å². The maximum Gasteiger partial charge on any atom is 0.253 e. The average molecular weight is 333 g/mol. The standard InChI is InChI=1S/C17H15N7O/c25-17(14-7-8-16-20-21-22-24(16)11-14)19-15(12-23-10-4-9-18-23)13-5-2-1-3-6-13/h1-11,15H,12H2,(H,19,25)/t15-/m1/s1. The minimum Gasteiger partial charge on any atom is -0.343 e. The topological polar surface area (TPSA) is 90.0 Å². The first-order chi connectivity index (χ1) is 12.3. The molecule has 0 fully saturated rings. The van der Waals surface area contributed by atoms with Gasteiger partial charge in [0.2, 0.25) is 0 Å². The zero-order valence-corrected chi connectivity index (χ0v) is 13.2.